The number of ether oxygens (including phenoxy) is 1. The molecule has 1 rings (SSSR count). The number of carbonyl (C=O) groups is 1. The maximum atomic E-state index is 12.1. The summed E-state index contributed by atoms with van der Waals surface area (Å²) in [6.07, 6.45) is 6.57. The molecule has 0 spiro atoms. The van der Waals surface area contributed by atoms with E-state index in [4.69, 9.17) is 16.9 Å². The smallest absolute Gasteiger partial charge is 0.227 e. The highest BCUT2D eigenvalue weighted by atomic mass is 32.2. The molecule has 0 aromatic heterocycles. The van der Waals surface area contributed by atoms with Crippen molar-refractivity contribution in [1.29, 1.82) is 0 Å². The van der Waals surface area contributed by atoms with E-state index >= 15 is 0 Å². The van der Waals surface area contributed by atoms with E-state index < -0.39 is 5.41 Å². The van der Waals surface area contributed by atoms with Gasteiger partial charge >= 0.3 is 0 Å². The van der Waals surface area contributed by atoms with Crippen LogP contribution in [0.3, 0.4) is 0 Å². The molecule has 0 aliphatic carbocycles. The minimum atomic E-state index is -0.422. The molecule has 17 heavy (non-hydrogen) atoms. The third-order valence-corrected chi connectivity index (χ3v) is 3.90. The first-order valence-electron chi connectivity index (χ1n) is 5.82. The molecule has 0 saturated carbocycles. The Morgan fingerprint density at radius 1 is 1.53 bits per heavy atom. The normalized spacial score (nSPS) is 18.4. The molecule has 1 amide bonds. The van der Waals surface area contributed by atoms with Crippen LogP contribution in [0.1, 0.15) is 12.8 Å². The average Bonchev–Trinajstić information content (AvgIpc) is 2.39. The van der Waals surface area contributed by atoms with E-state index in [1.54, 1.807) is 11.8 Å². The molecular weight excluding hydrogens is 236 g/mol. The highest BCUT2D eigenvalue weighted by Crippen LogP contribution is 2.29. The first-order chi connectivity index (χ1) is 8.25. The van der Waals surface area contributed by atoms with Gasteiger partial charge in [-0.3, -0.25) is 4.79 Å². The van der Waals surface area contributed by atoms with Crippen LogP contribution in [0.4, 0.5) is 0 Å². The number of terminal acetylenes is 1. The number of thioether (sulfide) groups is 1. The molecule has 5 heteroatoms. The predicted octanol–water partition coefficient (Wildman–Crippen LogP) is 0.225. The lowest BCUT2D eigenvalue weighted by molar-refractivity contribution is -0.135. The summed E-state index contributed by atoms with van der Waals surface area (Å²) < 4.78 is 5.27. The molecule has 1 aliphatic rings. The molecule has 0 unspecified atom stereocenters. The van der Waals surface area contributed by atoms with Crippen molar-refractivity contribution >= 4 is 17.7 Å². The fourth-order valence-corrected chi connectivity index (χ4v) is 2.35. The van der Waals surface area contributed by atoms with Crippen LogP contribution in [-0.4, -0.2) is 43.7 Å². The number of hydrogen-bond acceptors (Lipinski definition) is 4. The largest absolute Gasteiger partial charge is 0.381 e. The molecule has 0 aromatic carbocycles. The van der Waals surface area contributed by atoms with Crippen LogP contribution in [-0.2, 0) is 9.53 Å². The van der Waals surface area contributed by atoms with E-state index in [0.29, 0.717) is 44.9 Å². The second kappa shape index (κ2) is 7.59. The van der Waals surface area contributed by atoms with Crippen molar-refractivity contribution < 1.29 is 9.53 Å². The van der Waals surface area contributed by atoms with Gasteiger partial charge in [-0.15, -0.1) is 18.2 Å². The van der Waals surface area contributed by atoms with Crippen molar-refractivity contribution in [3.05, 3.63) is 0 Å². The number of rotatable bonds is 6. The molecule has 0 atom stereocenters. The van der Waals surface area contributed by atoms with Gasteiger partial charge in [-0.05, 0) is 12.8 Å². The predicted molar refractivity (Wildman–Crippen MR) is 70.7 cm³/mol. The molecule has 0 bridgehead atoms. The van der Waals surface area contributed by atoms with Crippen LogP contribution >= 0.6 is 11.8 Å². The Morgan fingerprint density at radius 3 is 2.82 bits per heavy atom. The zero-order valence-corrected chi connectivity index (χ0v) is 10.9. The van der Waals surface area contributed by atoms with Gasteiger partial charge in [-0.1, -0.05) is 5.92 Å². The maximum Gasteiger partial charge on any atom is 0.227 e. The van der Waals surface area contributed by atoms with Gasteiger partial charge in [-0.25, -0.2) is 0 Å². The lowest BCUT2D eigenvalue weighted by Gasteiger charge is -2.34. The lowest BCUT2D eigenvalue weighted by atomic mass is 9.79. The van der Waals surface area contributed by atoms with Crippen LogP contribution in [0, 0.1) is 17.8 Å². The van der Waals surface area contributed by atoms with Gasteiger partial charge in [0.1, 0.15) is 0 Å². The Hall–Kier alpha value is -0.700. The molecule has 96 valence electrons. The van der Waals surface area contributed by atoms with E-state index in [-0.39, 0.29) is 5.91 Å². The molecule has 3 N–H and O–H groups in total. The number of nitrogens with two attached hydrogens (primary N) is 1. The van der Waals surface area contributed by atoms with Gasteiger partial charge in [0.05, 0.1) is 11.2 Å². The first kappa shape index (κ1) is 14.4. The zero-order chi connectivity index (χ0) is 12.6. The first-order valence-corrected chi connectivity index (χ1v) is 6.98. The molecule has 1 saturated heterocycles. The molecule has 1 fully saturated rings. The summed E-state index contributed by atoms with van der Waals surface area (Å²) in [5, 5.41) is 2.94. The number of nitrogens with one attached hydrogen (secondary N) is 1. The monoisotopic (exact) mass is 256 g/mol. The maximum absolute atomic E-state index is 12.1. The Morgan fingerprint density at radius 2 is 2.24 bits per heavy atom. The van der Waals surface area contributed by atoms with Gasteiger partial charge in [0, 0.05) is 32.1 Å². The van der Waals surface area contributed by atoms with E-state index in [9.17, 15) is 4.79 Å². The minimum Gasteiger partial charge on any atom is -0.381 e. The summed E-state index contributed by atoms with van der Waals surface area (Å²) in [7, 11) is 0. The average molecular weight is 256 g/mol. The Balaban J connectivity index is 2.31. The van der Waals surface area contributed by atoms with Gasteiger partial charge < -0.3 is 15.8 Å². The highest BCUT2D eigenvalue weighted by molar-refractivity contribution is 7.99. The van der Waals surface area contributed by atoms with Gasteiger partial charge in [0.15, 0.2) is 0 Å². The SMILES string of the molecule is C#CCSCCNC(=O)C1(CN)CCOCC1. The van der Waals surface area contributed by atoms with Gasteiger partial charge in [0.2, 0.25) is 5.91 Å². The van der Waals surface area contributed by atoms with Gasteiger partial charge in [-0.2, -0.15) is 0 Å². The van der Waals surface area contributed by atoms with Crippen LogP contribution in [0.25, 0.3) is 0 Å². The molecule has 0 radical (unpaired) electrons. The third-order valence-electron chi connectivity index (χ3n) is 3.04. The zero-order valence-electron chi connectivity index (χ0n) is 10.0. The summed E-state index contributed by atoms with van der Waals surface area (Å²) in [6, 6.07) is 0. The Labute approximate surface area is 107 Å². The van der Waals surface area contributed by atoms with E-state index in [0.717, 1.165) is 5.75 Å². The Kier molecular flexibility index (Phi) is 6.41. The molecule has 1 aliphatic heterocycles. The number of amides is 1. The van der Waals surface area contributed by atoms with Crippen LogP contribution < -0.4 is 11.1 Å². The highest BCUT2D eigenvalue weighted by Gasteiger charge is 2.38. The summed E-state index contributed by atoms with van der Waals surface area (Å²) in [5.41, 5.74) is 5.32. The summed E-state index contributed by atoms with van der Waals surface area (Å²) in [6.45, 7) is 2.28. The van der Waals surface area contributed by atoms with Crippen LogP contribution in [0.15, 0.2) is 0 Å². The summed E-state index contributed by atoms with van der Waals surface area (Å²) in [4.78, 5) is 12.1. The quantitative estimate of drug-likeness (QED) is 0.527. The standard InChI is InChI=1S/C12H20N2O2S/c1-2-8-17-9-5-14-11(15)12(10-13)3-6-16-7-4-12/h1H,3-10,13H2,(H,14,15). The lowest BCUT2D eigenvalue weighted by Crippen LogP contribution is -2.49. The number of carbonyl (C=O) groups excluding carboxylic acids is 1. The molecule has 1 heterocycles. The fourth-order valence-electron chi connectivity index (χ4n) is 1.84. The van der Waals surface area contributed by atoms with Crippen molar-refractivity contribution in [1.82, 2.24) is 5.32 Å². The van der Waals surface area contributed by atoms with Crippen molar-refractivity contribution in [2.45, 2.75) is 12.8 Å². The third kappa shape index (κ3) is 4.23. The van der Waals surface area contributed by atoms with E-state index in [2.05, 4.69) is 11.2 Å². The second-order valence-corrected chi connectivity index (χ2v) is 5.21. The van der Waals surface area contributed by atoms with E-state index in [1.807, 2.05) is 0 Å². The van der Waals surface area contributed by atoms with Crippen LogP contribution in [0.5, 0.6) is 0 Å². The van der Waals surface area contributed by atoms with E-state index in [1.165, 1.54) is 0 Å². The molecule has 4 nitrogen and oxygen atoms in total. The van der Waals surface area contributed by atoms with Crippen molar-refractivity contribution in [3.8, 4) is 12.3 Å². The second-order valence-electron chi connectivity index (χ2n) is 4.11. The molecule has 0 aromatic rings. The Bertz CT molecular complexity index is 283. The van der Waals surface area contributed by atoms with Crippen molar-refractivity contribution in [2.24, 2.45) is 11.1 Å². The topological polar surface area (TPSA) is 64.4 Å². The van der Waals surface area contributed by atoms with Crippen molar-refractivity contribution in [2.75, 3.05) is 37.8 Å². The van der Waals surface area contributed by atoms with Gasteiger partial charge in [0.25, 0.3) is 0 Å². The fraction of sp³-hybridized carbons (Fsp3) is 0.750. The minimum absolute atomic E-state index is 0.0598. The van der Waals surface area contributed by atoms with Crippen LogP contribution in [0.2, 0.25) is 0 Å². The summed E-state index contributed by atoms with van der Waals surface area (Å²) >= 11 is 1.64. The summed E-state index contributed by atoms with van der Waals surface area (Å²) in [5.74, 6) is 4.14. The number of hydrogen-bond donors (Lipinski definition) is 2. The molecular formula is C12H20N2O2S. The van der Waals surface area contributed by atoms with Crippen molar-refractivity contribution in [3.63, 3.8) is 0 Å².